The number of halogens is 4. The number of nitrogens with zero attached hydrogens (tertiary/aromatic N) is 4. The highest BCUT2D eigenvalue weighted by atomic mass is 19.3. The number of piperidine rings is 1. The number of hydrogen-bond acceptors (Lipinski definition) is 7. The molecule has 2 aliphatic heterocycles. The van der Waals surface area contributed by atoms with Crippen LogP contribution < -0.4 is 19.7 Å². The van der Waals surface area contributed by atoms with Crippen molar-refractivity contribution >= 4 is 22.7 Å². The zero-order valence-electron chi connectivity index (χ0n) is 21.5. The highest BCUT2D eigenvalue weighted by molar-refractivity contribution is 5.92. The molecule has 0 amide bonds. The molecule has 0 spiro atoms. The van der Waals surface area contributed by atoms with Gasteiger partial charge in [-0.15, -0.1) is 0 Å². The molecule has 1 aliphatic carbocycles. The number of hydrogen-bond donors (Lipinski definition) is 1. The van der Waals surface area contributed by atoms with Gasteiger partial charge in [-0.25, -0.2) is 22.5 Å². The van der Waals surface area contributed by atoms with Gasteiger partial charge in [0.2, 0.25) is 5.95 Å². The van der Waals surface area contributed by atoms with E-state index in [-0.39, 0.29) is 38.9 Å². The lowest BCUT2D eigenvalue weighted by molar-refractivity contribution is -0.0222. The average molecular weight is 526 g/mol. The Morgan fingerprint density at radius 3 is 2.35 bits per heavy atom. The first-order chi connectivity index (χ1) is 17.6. The van der Waals surface area contributed by atoms with Crippen molar-refractivity contribution in [2.24, 2.45) is 5.41 Å². The molecule has 2 aromatic rings. The molecule has 1 saturated carbocycles. The van der Waals surface area contributed by atoms with Gasteiger partial charge in [-0.3, -0.25) is 0 Å². The van der Waals surface area contributed by atoms with Crippen LogP contribution in [0.15, 0.2) is 12.1 Å². The summed E-state index contributed by atoms with van der Waals surface area (Å²) in [4.78, 5) is 13.4. The zero-order chi connectivity index (χ0) is 26.3. The van der Waals surface area contributed by atoms with E-state index in [1.54, 1.807) is 24.1 Å². The predicted octanol–water partition coefficient (Wildman–Crippen LogP) is 5.20. The largest absolute Gasteiger partial charge is 0.493 e. The fourth-order valence-electron chi connectivity index (χ4n) is 5.10. The van der Waals surface area contributed by atoms with Gasteiger partial charge in [0.05, 0.1) is 24.6 Å². The van der Waals surface area contributed by atoms with E-state index in [4.69, 9.17) is 9.47 Å². The summed E-state index contributed by atoms with van der Waals surface area (Å²) in [5.41, 5.74) is -0.618. The molecule has 3 aliphatic rings. The van der Waals surface area contributed by atoms with Crippen LogP contribution in [0.25, 0.3) is 10.9 Å². The Balaban J connectivity index is 1.40. The second kappa shape index (κ2) is 9.96. The topological polar surface area (TPSA) is 62.8 Å². The summed E-state index contributed by atoms with van der Waals surface area (Å²) in [6.45, 7) is 5.53. The number of benzene rings is 1. The van der Waals surface area contributed by atoms with Crippen LogP contribution in [-0.4, -0.2) is 79.7 Å². The molecule has 5 rings (SSSR count). The standard InChI is InChI=1S/C26H35F4N5O2/c1-24(16-26(24,29)30)17-31-22-18-14-20(36-2)21(37-13-5-10-34-8-3-4-9-34)15-19(18)32-23(33-22)35-11-6-25(27,28)7-12-35/h14-15H,3-13,16-17H2,1-2H3,(H,31,32,33)/t24-/m1/s1. The summed E-state index contributed by atoms with van der Waals surface area (Å²) < 4.78 is 66.9. The number of aromatic nitrogens is 2. The van der Waals surface area contributed by atoms with Crippen molar-refractivity contribution in [2.45, 2.75) is 57.3 Å². The van der Waals surface area contributed by atoms with Crippen LogP contribution in [0.3, 0.4) is 0 Å². The molecule has 3 fully saturated rings. The predicted molar refractivity (Wildman–Crippen MR) is 134 cm³/mol. The van der Waals surface area contributed by atoms with Crippen molar-refractivity contribution in [3.8, 4) is 11.5 Å². The number of anilines is 2. The van der Waals surface area contributed by atoms with E-state index in [0.29, 0.717) is 40.8 Å². The lowest BCUT2D eigenvalue weighted by Gasteiger charge is -2.32. The number of fused-ring (bicyclic) bond motifs is 1. The molecule has 37 heavy (non-hydrogen) atoms. The number of methoxy groups -OCH3 is 1. The smallest absolute Gasteiger partial charge is 0.256 e. The summed E-state index contributed by atoms with van der Waals surface area (Å²) in [6.07, 6.45) is 2.60. The normalized spacial score (nSPS) is 24.9. The van der Waals surface area contributed by atoms with Crippen LogP contribution in [0.1, 0.15) is 45.4 Å². The van der Waals surface area contributed by atoms with Crippen LogP contribution >= 0.6 is 0 Å². The fraction of sp³-hybridized carbons (Fsp3) is 0.692. The number of ether oxygens (including phenoxy) is 2. The first-order valence-electron chi connectivity index (χ1n) is 13.1. The second-order valence-corrected chi connectivity index (χ2v) is 10.8. The quantitative estimate of drug-likeness (QED) is 0.338. The fourth-order valence-corrected chi connectivity index (χ4v) is 5.10. The lowest BCUT2D eigenvalue weighted by Crippen LogP contribution is -2.40. The van der Waals surface area contributed by atoms with Gasteiger partial charge in [-0.05, 0) is 38.4 Å². The minimum Gasteiger partial charge on any atom is -0.493 e. The molecule has 204 valence electrons. The SMILES string of the molecule is COc1cc2c(NC[C@@]3(C)CC3(F)F)nc(N3CCC(F)(F)CC3)nc2cc1OCCCN1CCCC1. The van der Waals surface area contributed by atoms with Crippen LogP contribution in [0.2, 0.25) is 0 Å². The van der Waals surface area contributed by atoms with E-state index < -0.39 is 17.3 Å². The van der Waals surface area contributed by atoms with E-state index in [1.165, 1.54) is 19.8 Å². The van der Waals surface area contributed by atoms with E-state index in [1.807, 2.05) is 0 Å². The molecule has 0 bridgehead atoms. The van der Waals surface area contributed by atoms with Gasteiger partial charge in [0.1, 0.15) is 5.82 Å². The van der Waals surface area contributed by atoms with Crippen molar-refractivity contribution < 1.29 is 27.0 Å². The summed E-state index contributed by atoms with van der Waals surface area (Å²) in [7, 11) is 1.54. The van der Waals surface area contributed by atoms with Crippen molar-refractivity contribution in [2.75, 3.05) is 63.2 Å². The summed E-state index contributed by atoms with van der Waals surface area (Å²) in [5.74, 6) is -3.74. The van der Waals surface area contributed by atoms with Crippen LogP contribution in [0, 0.1) is 5.41 Å². The van der Waals surface area contributed by atoms with E-state index in [9.17, 15) is 17.6 Å². The molecule has 2 saturated heterocycles. The molecule has 3 heterocycles. The maximum atomic E-state index is 13.9. The summed E-state index contributed by atoms with van der Waals surface area (Å²) >= 11 is 0. The number of rotatable bonds is 10. The first kappa shape index (κ1) is 26.1. The average Bonchev–Trinajstić information content (AvgIpc) is 3.17. The number of likely N-dealkylation sites (tertiary alicyclic amines) is 1. The Labute approximate surface area is 214 Å². The molecule has 1 N–H and O–H groups in total. The van der Waals surface area contributed by atoms with Gasteiger partial charge in [-0.1, -0.05) is 6.92 Å². The molecule has 1 aromatic heterocycles. The van der Waals surface area contributed by atoms with Gasteiger partial charge in [0, 0.05) is 56.9 Å². The van der Waals surface area contributed by atoms with E-state index >= 15 is 0 Å². The molecule has 0 radical (unpaired) electrons. The first-order valence-corrected chi connectivity index (χ1v) is 13.1. The molecule has 1 aromatic carbocycles. The highest BCUT2D eigenvalue weighted by Gasteiger charge is 2.67. The summed E-state index contributed by atoms with van der Waals surface area (Å²) in [6, 6.07) is 3.50. The zero-order valence-corrected chi connectivity index (χ0v) is 21.5. The third-order valence-corrected chi connectivity index (χ3v) is 7.84. The molecule has 1 atom stereocenters. The van der Waals surface area contributed by atoms with Crippen molar-refractivity contribution in [1.82, 2.24) is 14.9 Å². The third-order valence-electron chi connectivity index (χ3n) is 7.84. The molecule has 0 unspecified atom stereocenters. The van der Waals surface area contributed by atoms with Crippen molar-refractivity contribution in [3.05, 3.63) is 12.1 Å². The van der Waals surface area contributed by atoms with Crippen molar-refractivity contribution in [1.29, 1.82) is 0 Å². The monoisotopic (exact) mass is 525 g/mol. The van der Waals surface area contributed by atoms with Crippen LogP contribution in [0.4, 0.5) is 29.3 Å². The highest BCUT2D eigenvalue weighted by Crippen LogP contribution is 2.60. The molecule has 7 nitrogen and oxygen atoms in total. The van der Waals surface area contributed by atoms with Gasteiger partial charge in [-0.2, -0.15) is 4.98 Å². The maximum Gasteiger partial charge on any atom is 0.256 e. The molecular formula is C26H35F4N5O2. The van der Waals surface area contributed by atoms with E-state index in [2.05, 4.69) is 20.2 Å². The van der Waals surface area contributed by atoms with Crippen LogP contribution in [-0.2, 0) is 0 Å². The van der Waals surface area contributed by atoms with Gasteiger partial charge in [0.25, 0.3) is 11.8 Å². The number of nitrogens with one attached hydrogen (secondary N) is 1. The van der Waals surface area contributed by atoms with Gasteiger partial charge < -0.3 is 24.6 Å². The summed E-state index contributed by atoms with van der Waals surface area (Å²) in [5, 5.41) is 3.69. The van der Waals surface area contributed by atoms with Gasteiger partial charge in [0.15, 0.2) is 11.5 Å². The Hall–Kier alpha value is -2.56. The minimum atomic E-state index is -2.72. The Morgan fingerprint density at radius 1 is 1.00 bits per heavy atom. The molecular weight excluding hydrogens is 490 g/mol. The maximum absolute atomic E-state index is 13.9. The van der Waals surface area contributed by atoms with Gasteiger partial charge >= 0.3 is 0 Å². The van der Waals surface area contributed by atoms with E-state index in [0.717, 1.165) is 26.1 Å². The Bertz CT molecular complexity index is 1120. The Kier molecular flexibility index (Phi) is 7.02. The van der Waals surface area contributed by atoms with Crippen LogP contribution in [0.5, 0.6) is 11.5 Å². The lowest BCUT2D eigenvalue weighted by atomic mass is 10.1. The Morgan fingerprint density at radius 2 is 1.70 bits per heavy atom. The molecule has 11 heteroatoms. The second-order valence-electron chi connectivity index (χ2n) is 10.8. The number of alkyl halides is 4. The minimum absolute atomic E-state index is 0.0285. The third kappa shape index (κ3) is 5.66. The van der Waals surface area contributed by atoms with Crippen molar-refractivity contribution in [3.63, 3.8) is 0 Å².